The van der Waals surface area contributed by atoms with Gasteiger partial charge < -0.3 is 0 Å². The van der Waals surface area contributed by atoms with Crippen molar-refractivity contribution in [3.63, 3.8) is 0 Å². The van der Waals surface area contributed by atoms with Crippen LogP contribution in [-0.4, -0.2) is 0 Å². The fourth-order valence-corrected chi connectivity index (χ4v) is 3.02. The summed E-state index contributed by atoms with van der Waals surface area (Å²) >= 11 is 0. The van der Waals surface area contributed by atoms with E-state index < -0.39 is 0 Å². The van der Waals surface area contributed by atoms with Gasteiger partial charge in [0.15, 0.2) is 0 Å². The molecular formula is C19H16N2. The van der Waals surface area contributed by atoms with Crippen LogP contribution in [0.1, 0.15) is 11.1 Å². The topological polar surface area (TPSA) is 29.3 Å². The van der Waals surface area contributed by atoms with Gasteiger partial charge in [0.1, 0.15) is 0 Å². The summed E-state index contributed by atoms with van der Waals surface area (Å²) in [7, 11) is 0. The third-order valence-electron chi connectivity index (χ3n) is 4.09. The van der Waals surface area contributed by atoms with Crippen LogP contribution < -0.4 is 10.9 Å². The Labute approximate surface area is 124 Å². The fraction of sp³-hybridized carbons (Fsp3) is 0.0526. The lowest BCUT2D eigenvalue weighted by atomic mass is 10.1. The molecule has 0 saturated carbocycles. The SMILES string of the molecule is NN(c1ccccc1)c1ccc2c(c1)Cc1ccccc1-2. The molecule has 1 aliphatic carbocycles. The Morgan fingerprint density at radius 2 is 1.38 bits per heavy atom. The van der Waals surface area contributed by atoms with Crippen molar-refractivity contribution in [1.82, 2.24) is 0 Å². The Morgan fingerprint density at radius 3 is 2.24 bits per heavy atom. The van der Waals surface area contributed by atoms with Crippen LogP contribution in [-0.2, 0) is 6.42 Å². The molecule has 2 nitrogen and oxygen atoms in total. The first-order chi connectivity index (χ1) is 10.3. The number of fused-ring (bicyclic) bond motifs is 3. The Kier molecular flexibility index (Phi) is 2.76. The molecule has 3 aromatic carbocycles. The summed E-state index contributed by atoms with van der Waals surface area (Å²) < 4.78 is 0. The van der Waals surface area contributed by atoms with Gasteiger partial charge in [-0.1, -0.05) is 48.5 Å². The van der Waals surface area contributed by atoms with E-state index in [2.05, 4.69) is 42.5 Å². The van der Waals surface area contributed by atoms with E-state index in [0.29, 0.717) is 0 Å². The third-order valence-corrected chi connectivity index (χ3v) is 4.09. The van der Waals surface area contributed by atoms with E-state index in [1.54, 1.807) is 5.01 Å². The van der Waals surface area contributed by atoms with Gasteiger partial charge in [-0.2, -0.15) is 0 Å². The minimum atomic E-state index is 0.988. The van der Waals surface area contributed by atoms with Crippen LogP contribution in [0.3, 0.4) is 0 Å². The molecule has 0 fully saturated rings. The summed E-state index contributed by atoms with van der Waals surface area (Å²) in [6.45, 7) is 0. The summed E-state index contributed by atoms with van der Waals surface area (Å²) in [5.41, 5.74) is 7.44. The second-order valence-electron chi connectivity index (χ2n) is 5.38. The number of hydrogen-bond donors (Lipinski definition) is 1. The van der Waals surface area contributed by atoms with Crippen LogP contribution in [0.15, 0.2) is 72.8 Å². The van der Waals surface area contributed by atoms with Gasteiger partial charge in [0.2, 0.25) is 0 Å². The van der Waals surface area contributed by atoms with Crippen molar-refractivity contribution < 1.29 is 0 Å². The number of rotatable bonds is 2. The van der Waals surface area contributed by atoms with Gasteiger partial charge in [-0.05, 0) is 52.9 Å². The van der Waals surface area contributed by atoms with Gasteiger partial charge in [0.25, 0.3) is 0 Å². The molecular weight excluding hydrogens is 256 g/mol. The van der Waals surface area contributed by atoms with E-state index in [4.69, 9.17) is 5.84 Å². The van der Waals surface area contributed by atoms with E-state index in [1.807, 2.05) is 30.3 Å². The highest BCUT2D eigenvalue weighted by Gasteiger charge is 2.18. The molecule has 0 radical (unpaired) electrons. The number of para-hydroxylation sites is 1. The molecule has 3 aromatic rings. The van der Waals surface area contributed by atoms with Crippen LogP contribution in [0.2, 0.25) is 0 Å². The Morgan fingerprint density at radius 1 is 0.667 bits per heavy atom. The number of nitrogens with two attached hydrogens (primary N) is 1. The lowest BCUT2D eigenvalue weighted by Gasteiger charge is -2.19. The van der Waals surface area contributed by atoms with Crippen molar-refractivity contribution in [3.05, 3.63) is 83.9 Å². The highest BCUT2D eigenvalue weighted by molar-refractivity contribution is 5.79. The summed E-state index contributed by atoms with van der Waals surface area (Å²) in [5.74, 6) is 6.25. The quantitative estimate of drug-likeness (QED) is 0.436. The molecule has 0 heterocycles. The molecule has 1 aliphatic rings. The number of anilines is 2. The highest BCUT2D eigenvalue weighted by Crippen LogP contribution is 2.38. The van der Waals surface area contributed by atoms with Crippen LogP contribution in [0.25, 0.3) is 11.1 Å². The maximum absolute atomic E-state index is 6.25. The molecule has 0 aromatic heterocycles. The largest absolute Gasteiger partial charge is 0.280 e. The molecule has 2 heteroatoms. The molecule has 0 spiro atoms. The Balaban J connectivity index is 1.74. The van der Waals surface area contributed by atoms with Gasteiger partial charge in [0.05, 0.1) is 11.4 Å². The lowest BCUT2D eigenvalue weighted by molar-refractivity contribution is 1.08. The lowest BCUT2D eigenvalue weighted by Crippen LogP contribution is -2.24. The van der Waals surface area contributed by atoms with Crippen molar-refractivity contribution in [1.29, 1.82) is 0 Å². The number of nitrogens with zero attached hydrogens (tertiary/aromatic N) is 1. The molecule has 4 rings (SSSR count). The standard InChI is InChI=1S/C19H16N2/c20-21(16-7-2-1-3-8-16)17-10-11-19-15(13-17)12-14-6-4-5-9-18(14)19/h1-11,13H,12,20H2. The molecule has 0 saturated heterocycles. The van der Waals surface area contributed by atoms with Gasteiger partial charge in [-0.15, -0.1) is 0 Å². The first kappa shape index (κ1) is 12.2. The highest BCUT2D eigenvalue weighted by atomic mass is 15.4. The number of benzene rings is 3. The van der Waals surface area contributed by atoms with E-state index in [-0.39, 0.29) is 0 Å². The van der Waals surface area contributed by atoms with Crippen LogP contribution in [0, 0.1) is 0 Å². The smallest absolute Gasteiger partial charge is 0.0578 e. The minimum absolute atomic E-state index is 0.988. The second-order valence-corrected chi connectivity index (χ2v) is 5.38. The maximum Gasteiger partial charge on any atom is 0.0578 e. The molecule has 0 atom stereocenters. The van der Waals surface area contributed by atoms with E-state index in [1.165, 1.54) is 22.3 Å². The number of hydrogen-bond acceptors (Lipinski definition) is 2. The fourth-order valence-electron chi connectivity index (χ4n) is 3.02. The van der Waals surface area contributed by atoms with E-state index >= 15 is 0 Å². The first-order valence-corrected chi connectivity index (χ1v) is 7.14. The zero-order valence-corrected chi connectivity index (χ0v) is 11.7. The van der Waals surface area contributed by atoms with Crippen LogP contribution in [0.5, 0.6) is 0 Å². The molecule has 21 heavy (non-hydrogen) atoms. The first-order valence-electron chi connectivity index (χ1n) is 7.14. The van der Waals surface area contributed by atoms with Crippen LogP contribution in [0.4, 0.5) is 11.4 Å². The van der Waals surface area contributed by atoms with E-state index in [9.17, 15) is 0 Å². The van der Waals surface area contributed by atoms with E-state index in [0.717, 1.165) is 17.8 Å². The predicted molar refractivity (Wildman–Crippen MR) is 87.5 cm³/mol. The summed E-state index contributed by atoms with van der Waals surface area (Å²) in [4.78, 5) is 0. The van der Waals surface area contributed by atoms with Crippen molar-refractivity contribution in [2.75, 3.05) is 5.01 Å². The zero-order chi connectivity index (χ0) is 14.2. The molecule has 2 N–H and O–H groups in total. The van der Waals surface area contributed by atoms with Crippen LogP contribution >= 0.6 is 0 Å². The molecule has 0 bridgehead atoms. The third kappa shape index (κ3) is 2.01. The molecule has 102 valence electrons. The zero-order valence-electron chi connectivity index (χ0n) is 11.7. The van der Waals surface area contributed by atoms with Crippen molar-refractivity contribution in [2.24, 2.45) is 5.84 Å². The van der Waals surface area contributed by atoms with Gasteiger partial charge in [0, 0.05) is 0 Å². The summed E-state index contributed by atoms with van der Waals surface area (Å²) in [5, 5.41) is 1.74. The monoisotopic (exact) mass is 272 g/mol. The normalized spacial score (nSPS) is 11.9. The van der Waals surface area contributed by atoms with Gasteiger partial charge >= 0.3 is 0 Å². The molecule has 0 amide bonds. The molecule has 0 unspecified atom stereocenters. The van der Waals surface area contributed by atoms with Crippen molar-refractivity contribution in [3.8, 4) is 11.1 Å². The van der Waals surface area contributed by atoms with Gasteiger partial charge in [-0.25, -0.2) is 5.84 Å². The van der Waals surface area contributed by atoms with Crippen molar-refractivity contribution >= 4 is 11.4 Å². The Hall–Kier alpha value is -2.58. The summed E-state index contributed by atoms with van der Waals surface area (Å²) in [6.07, 6.45) is 0.988. The second kappa shape index (κ2) is 4.76. The average Bonchev–Trinajstić information content (AvgIpc) is 2.92. The molecule has 0 aliphatic heterocycles. The Bertz CT molecular complexity index is 794. The van der Waals surface area contributed by atoms with Crippen molar-refractivity contribution in [2.45, 2.75) is 6.42 Å². The number of hydrazine groups is 1. The minimum Gasteiger partial charge on any atom is -0.280 e. The maximum atomic E-state index is 6.25. The summed E-state index contributed by atoms with van der Waals surface area (Å²) in [6, 6.07) is 25.1. The predicted octanol–water partition coefficient (Wildman–Crippen LogP) is 4.27. The van der Waals surface area contributed by atoms with Gasteiger partial charge in [-0.3, -0.25) is 5.01 Å². The average molecular weight is 272 g/mol.